The molecule has 2 amide bonds. The second kappa shape index (κ2) is 5.47. The van der Waals surface area contributed by atoms with Crippen molar-refractivity contribution in [3.05, 3.63) is 10.0 Å². The molecule has 1 atom stereocenters. The van der Waals surface area contributed by atoms with Crippen LogP contribution in [0.4, 0.5) is 0 Å². The maximum atomic E-state index is 12.1. The first kappa shape index (κ1) is 13.5. The minimum atomic E-state index is -0.181. The molecule has 0 aromatic carbocycles. The molecule has 0 unspecified atom stereocenters. The lowest BCUT2D eigenvalue weighted by atomic mass is 10.1. The number of nitrogens with one attached hydrogen (secondary N) is 1. The third kappa shape index (κ3) is 2.98. The number of carbonyl (C=O) groups is 2. The summed E-state index contributed by atoms with van der Waals surface area (Å²) in [5.74, 6) is -0.0607. The van der Waals surface area contributed by atoms with Gasteiger partial charge in [0.2, 0.25) is 11.8 Å². The van der Waals surface area contributed by atoms with Gasteiger partial charge in [-0.25, -0.2) is 0 Å². The van der Waals surface area contributed by atoms with Crippen LogP contribution in [0.1, 0.15) is 29.3 Å². The van der Waals surface area contributed by atoms with Crippen molar-refractivity contribution in [3.63, 3.8) is 0 Å². The standard InChI is InChI=1S/C13H18N4O2S/c1-8-15-16-11(20-8)4-5-14-13(19)9-6-12(18)17(7-9)10-2-3-10/h9-10H,2-7H2,1H3,(H,14,19)/t9-/m0/s1. The van der Waals surface area contributed by atoms with Crippen LogP contribution in [0.15, 0.2) is 0 Å². The summed E-state index contributed by atoms with van der Waals surface area (Å²) in [7, 11) is 0. The lowest BCUT2D eigenvalue weighted by Crippen LogP contribution is -2.34. The van der Waals surface area contributed by atoms with Crippen molar-refractivity contribution in [3.8, 4) is 0 Å². The van der Waals surface area contributed by atoms with Crippen molar-refractivity contribution in [2.75, 3.05) is 13.1 Å². The molecule has 1 aromatic rings. The largest absolute Gasteiger partial charge is 0.355 e. The molecule has 6 nitrogen and oxygen atoms in total. The number of rotatable bonds is 5. The summed E-state index contributed by atoms with van der Waals surface area (Å²) >= 11 is 1.55. The first-order valence-electron chi connectivity index (χ1n) is 6.99. The number of carbonyl (C=O) groups excluding carboxylic acids is 2. The van der Waals surface area contributed by atoms with Crippen molar-refractivity contribution < 1.29 is 9.59 Å². The summed E-state index contributed by atoms with van der Waals surface area (Å²) in [6.07, 6.45) is 3.25. The van der Waals surface area contributed by atoms with Crippen LogP contribution in [-0.4, -0.2) is 46.0 Å². The van der Waals surface area contributed by atoms with Gasteiger partial charge >= 0.3 is 0 Å². The van der Waals surface area contributed by atoms with E-state index >= 15 is 0 Å². The van der Waals surface area contributed by atoms with Crippen molar-refractivity contribution >= 4 is 23.2 Å². The number of aromatic nitrogens is 2. The molecule has 1 aliphatic carbocycles. The molecule has 2 heterocycles. The molecule has 108 valence electrons. The highest BCUT2D eigenvalue weighted by Gasteiger charge is 2.41. The van der Waals surface area contributed by atoms with E-state index in [0.717, 1.165) is 22.9 Å². The molecular formula is C13H18N4O2S. The maximum absolute atomic E-state index is 12.1. The number of nitrogens with zero attached hydrogens (tertiary/aromatic N) is 3. The van der Waals surface area contributed by atoms with E-state index in [0.29, 0.717) is 32.0 Å². The van der Waals surface area contributed by atoms with Gasteiger partial charge in [-0.3, -0.25) is 9.59 Å². The Morgan fingerprint density at radius 1 is 1.45 bits per heavy atom. The summed E-state index contributed by atoms with van der Waals surface area (Å²) in [5, 5.41) is 12.7. The van der Waals surface area contributed by atoms with Gasteiger partial charge in [0.15, 0.2) is 0 Å². The molecule has 0 bridgehead atoms. The normalized spacial score (nSPS) is 22.4. The quantitative estimate of drug-likeness (QED) is 0.859. The Bertz CT molecular complexity index is 526. The number of hydrogen-bond donors (Lipinski definition) is 1. The predicted octanol–water partition coefficient (Wildman–Crippen LogP) is 0.516. The molecule has 1 aromatic heterocycles. The second-order valence-electron chi connectivity index (χ2n) is 5.43. The average molecular weight is 294 g/mol. The first-order valence-corrected chi connectivity index (χ1v) is 7.81. The number of hydrogen-bond acceptors (Lipinski definition) is 5. The molecule has 2 aliphatic rings. The zero-order chi connectivity index (χ0) is 14.1. The highest BCUT2D eigenvalue weighted by molar-refractivity contribution is 7.11. The number of likely N-dealkylation sites (tertiary alicyclic amines) is 1. The highest BCUT2D eigenvalue weighted by atomic mass is 32.1. The van der Waals surface area contributed by atoms with E-state index in [4.69, 9.17) is 0 Å². The third-order valence-electron chi connectivity index (χ3n) is 3.72. The van der Waals surface area contributed by atoms with Crippen molar-refractivity contribution in [1.29, 1.82) is 0 Å². The van der Waals surface area contributed by atoms with E-state index in [1.54, 1.807) is 11.3 Å². The average Bonchev–Trinajstić information content (AvgIpc) is 3.06. The Morgan fingerprint density at radius 2 is 2.25 bits per heavy atom. The monoisotopic (exact) mass is 294 g/mol. The smallest absolute Gasteiger partial charge is 0.225 e. The van der Waals surface area contributed by atoms with Crippen LogP contribution in [0.3, 0.4) is 0 Å². The summed E-state index contributed by atoms with van der Waals surface area (Å²) in [6, 6.07) is 0.407. The molecular weight excluding hydrogens is 276 g/mol. The predicted molar refractivity (Wildman–Crippen MR) is 74.2 cm³/mol. The summed E-state index contributed by atoms with van der Waals surface area (Å²) < 4.78 is 0. The van der Waals surface area contributed by atoms with Gasteiger partial charge in [-0.1, -0.05) is 0 Å². The molecule has 2 fully saturated rings. The van der Waals surface area contributed by atoms with E-state index in [-0.39, 0.29) is 17.7 Å². The van der Waals surface area contributed by atoms with Crippen molar-refractivity contribution in [2.24, 2.45) is 5.92 Å². The maximum Gasteiger partial charge on any atom is 0.225 e. The van der Waals surface area contributed by atoms with E-state index in [1.165, 1.54) is 0 Å². The molecule has 3 rings (SSSR count). The lowest BCUT2D eigenvalue weighted by Gasteiger charge is -2.15. The molecule has 0 radical (unpaired) electrons. The van der Waals surface area contributed by atoms with Gasteiger partial charge in [-0.2, -0.15) is 0 Å². The Balaban J connectivity index is 1.44. The zero-order valence-corrected chi connectivity index (χ0v) is 12.3. The third-order valence-corrected chi connectivity index (χ3v) is 4.62. The Kier molecular flexibility index (Phi) is 3.69. The fraction of sp³-hybridized carbons (Fsp3) is 0.692. The molecule has 0 spiro atoms. The minimum absolute atomic E-state index is 0.0114. The van der Waals surface area contributed by atoms with Crippen molar-refractivity contribution in [2.45, 2.75) is 38.6 Å². The van der Waals surface area contributed by atoms with Crippen LogP contribution in [0, 0.1) is 12.8 Å². The highest BCUT2D eigenvalue weighted by Crippen LogP contribution is 2.32. The van der Waals surface area contributed by atoms with Gasteiger partial charge < -0.3 is 10.2 Å². The molecule has 7 heteroatoms. The number of amides is 2. The topological polar surface area (TPSA) is 75.2 Å². The van der Waals surface area contributed by atoms with Gasteiger partial charge in [-0.05, 0) is 19.8 Å². The Hall–Kier alpha value is -1.50. The van der Waals surface area contributed by atoms with E-state index < -0.39 is 0 Å². The Morgan fingerprint density at radius 3 is 2.90 bits per heavy atom. The van der Waals surface area contributed by atoms with Crippen LogP contribution < -0.4 is 5.32 Å². The first-order chi connectivity index (χ1) is 9.63. The summed E-state index contributed by atoms with van der Waals surface area (Å²) in [5.41, 5.74) is 0. The van der Waals surface area contributed by atoms with Crippen LogP contribution in [-0.2, 0) is 16.0 Å². The van der Waals surface area contributed by atoms with Crippen LogP contribution in [0.2, 0.25) is 0 Å². The summed E-state index contributed by atoms with van der Waals surface area (Å²) in [6.45, 7) is 3.06. The zero-order valence-electron chi connectivity index (χ0n) is 11.5. The SMILES string of the molecule is Cc1nnc(CCNC(=O)[C@H]2CC(=O)N(C3CC3)C2)s1. The molecule has 1 saturated heterocycles. The van der Waals surface area contributed by atoms with Gasteiger partial charge in [0.1, 0.15) is 10.0 Å². The molecule has 1 N–H and O–H groups in total. The molecule has 1 aliphatic heterocycles. The summed E-state index contributed by atoms with van der Waals surface area (Å²) in [4.78, 5) is 25.7. The van der Waals surface area contributed by atoms with Crippen molar-refractivity contribution in [1.82, 2.24) is 20.4 Å². The number of aryl methyl sites for hydroxylation is 1. The van der Waals surface area contributed by atoms with Crippen LogP contribution in [0.25, 0.3) is 0 Å². The fourth-order valence-corrected chi connectivity index (χ4v) is 3.23. The lowest BCUT2D eigenvalue weighted by molar-refractivity contribution is -0.129. The van der Waals surface area contributed by atoms with Gasteiger partial charge in [0, 0.05) is 32.0 Å². The minimum Gasteiger partial charge on any atom is -0.355 e. The fourth-order valence-electron chi connectivity index (χ4n) is 2.52. The van der Waals surface area contributed by atoms with E-state index in [1.807, 2.05) is 11.8 Å². The van der Waals surface area contributed by atoms with E-state index in [2.05, 4.69) is 15.5 Å². The van der Waals surface area contributed by atoms with Gasteiger partial charge in [0.05, 0.1) is 5.92 Å². The van der Waals surface area contributed by atoms with E-state index in [9.17, 15) is 9.59 Å². The van der Waals surface area contributed by atoms with Gasteiger partial charge in [0.25, 0.3) is 0 Å². The van der Waals surface area contributed by atoms with Crippen LogP contribution >= 0.6 is 11.3 Å². The van der Waals surface area contributed by atoms with Crippen LogP contribution in [0.5, 0.6) is 0 Å². The van der Waals surface area contributed by atoms with Gasteiger partial charge in [-0.15, -0.1) is 21.5 Å². The second-order valence-corrected chi connectivity index (χ2v) is 6.70. The Labute approximate surface area is 121 Å². The molecule has 20 heavy (non-hydrogen) atoms. The molecule has 1 saturated carbocycles.